The van der Waals surface area contributed by atoms with Gasteiger partial charge < -0.3 is 20.1 Å². The molecule has 1 unspecified atom stereocenters. The summed E-state index contributed by atoms with van der Waals surface area (Å²) in [5.41, 5.74) is -0.551. The van der Waals surface area contributed by atoms with Crippen LogP contribution in [0.4, 0.5) is 4.79 Å². The summed E-state index contributed by atoms with van der Waals surface area (Å²) >= 11 is 0. The highest BCUT2D eigenvalue weighted by Gasteiger charge is 2.38. The summed E-state index contributed by atoms with van der Waals surface area (Å²) in [6, 6.07) is -0.154. The van der Waals surface area contributed by atoms with Crippen LogP contribution >= 0.6 is 0 Å². The number of carbonyl (C=O) groups excluding carboxylic acids is 1. The molecule has 1 saturated carbocycles. The van der Waals surface area contributed by atoms with Gasteiger partial charge in [-0.25, -0.2) is 4.79 Å². The Morgan fingerprint density at radius 1 is 1.42 bits per heavy atom. The largest absolute Gasteiger partial charge is 0.481 e. The van der Waals surface area contributed by atoms with Crippen molar-refractivity contribution >= 4 is 12.0 Å². The van der Waals surface area contributed by atoms with Crippen LogP contribution in [-0.4, -0.2) is 53.3 Å². The second kappa shape index (κ2) is 5.77. The molecule has 1 atom stereocenters. The summed E-state index contributed by atoms with van der Waals surface area (Å²) in [6.45, 7) is 3.61. The molecule has 2 rings (SSSR count). The first kappa shape index (κ1) is 14.1. The van der Waals surface area contributed by atoms with E-state index in [0.29, 0.717) is 19.7 Å². The van der Waals surface area contributed by atoms with Crippen molar-refractivity contribution in [2.24, 2.45) is 0 Å². The smallest absolute Gasteiger partial charge is 0.318 e. The molecule has 1 aliphatic carbocycles. The van der Waals surface area contributed by atoms with E-state index in [1.807, 2.05) is 6.92 Å². The van der Waals surface area contributed by atoms with Crippen LogP contribution in [0.3, 0.4) is 0 Å². The Labute approximate surface area is 113 Å². The Bertz CT molecular complexity index is 353. The van der Waals surface area contributed by atoms with Crippen molar-refractivity contribution in [3.63, 3.8) is 0 Å². The molecule has 6 nitrogen and oxygen atoms in total. The molecular weight excluding hydrogens is 248 g/mol. The monoisotopic (exact) mass is 270 g/mol. The molecule has 19 heavy (non-hydrogen) atoms. The van der Waals surface area contributed by atoms with Gasteiger partial charge >= 0.3 is 12.0 Å². The SMILES string of the molecule is CC1CN(C(=O)NC2(CC(=O)O)CCCC2)CCO1. The maximum Gasteiger partial charge on any atom is 0.318 e. The summed E-state index contributed by atoms with van der Waals surface area (Å²) < 4.78 is 5.40. The third kappa shape index (κ3) is 3.59. The highest BCUT2D eigenvalue weighted by molar-refractivity contribution is 5.77. The highest BCUT2D eigenvalue weighted by Crippen LogP contribution is 2.32. The summed E-state index contributed by atoms with van der Waals surface area (Å²) in [5, 5.41) is 12.0. The number of carbonyl (C=O) groups is 2. The molecule has 1 heterocycles. The summed E-state index contributed by atoms with van der Waals surface area (Å²) in [7, 11) is 0. The number of hydrogen-bond acceptors (Lipinski definition) is 3. The molecule has 0 aromatic heterocycles. The molecule has 108 valence electrons. The van der Waals surface area contributed by atoms with Crippen molar-refractivity contribution in [2.45, 2.75) is 50.7 Å². The highest BCUT2D eigenvalue weighted by atomic mass is 16.5. The van der Waals surface area contributed by atoms with Gasteiger partial charge in [-0.1, -0.05) is 12.8 Å². The molecule has 0 spiro atoms. The van der Waals surface area contributed by atoms with E-state index in [9.17, 15) is 9.59 Å². The Balaban J connectivity index is 1.96. The zero-order valence-corrected chi connectivity index (χ0v) is 11.4. The molecule has 0 aromatic carbocycles. The normalized spacial score (nSPS) is 26.2. The van der Waals surface area contributed by atoms with Crippen molar-refractivity contribution in [1.82, 2.24) is 10.2 Å². The predicted octanol–water partition coefficient (Wildman–Crippen LogP) is 1.20. The van der Waals surface area contributed by atoms with E-state index in [1.165, 1.54) is 0 Å². The van der Waals surface area contributed by atoms with E-state index in [1.54, 1.807) is 4.90 Å². The van der Waals surface area contributed by atoms with E-state index in [4.69, 9.17) is 9.84 Å². The van der Waals surface area contributed by atoms with Gasteiger partial charge in [0.1, 0.15) is 0 Å². The second-order valence-electron chi connectivity index (χ2n) is 5.62. The molecule has 1 aliphatic heterocycles. The molecule has 1 saturated heterocycles. The summed E-state index contributed by atoms with van der Waals surface area (Å²) in [5.74, 6) is -0.849. The van der Waals surface area contributed by atoms with Crippen molar-refractivity contribution < 1.29 is 19.4 Å². The number of hydrogen-bond donors (Lipinski definition) is 2. The number of ether oxygens (including phenoxy) is 1. The van der Waals surface area contributed by atoms with Gasteiger partial charge in [-0.05, 0) is 19.8 Å². The van der Waals surface area contributed by atoms with E-state index in [0.717, 1.165) is 25.7 Å². The first-order chi connectivity index (χ1) is 9.01. The Morgan fingerprint density at radius 2 is 2.11 bits per heavy atom. The summed E-state index contributed by atoms with van der Waals surface area (Å²) in [6.07, 6.45) is 3.52. The Kier molecular flexibility index (Phi) is 4.29. The first-order valence-electron chi connectivity index (χ1n) is 6.91. The fourth-order valence-electron chi connectivity index (χ4n) is 3.00. The van der Waals surface area contributed by atoms with Crippen molar-refractivity contribution in [3.05, 3.63) is 0 Å². The summed E-state index contributed by atoms with van der Waals surface area (Å²) in [4.78, 5) is 25.0. The van der Waals surface area contributed by atoms with Gasteiger partial charge in [0.2, 0.25) is 0 Å². The topological polar surface area (TPSA) is 78.9 Å². The van der Waals surface area contributed by atoms with E-state index >= 15 is 0 Å². The van der Waals surface area contributed by atoms with Crippen LogP contribution < -0.4 is 5.32 Å². The molecule has 2 fully saturated rings. The minimum atomic E-state index is -0.849. The molecule has 6 heteroatoms. The van der Waals surface area contributed by atoms with Gasteiger partial charge in [-0.2, -0.15) is 0 Å². The second-order valence-corrected chi connectivity index (χ2v) is 5.62. The number of carboxylic acids is 1. The number of rotatable bonds is 3. The van der Waals surface area contributed by atoms with Crippen molar-refractivity contribution in [3.8, 4) is 0 Å². The standard InChI is InChI=1S/C13H22N2O4/c1-10-9-15(6-7-19-10)12(18)14-13(8-11(16)17)4-2-3-5-13/h10H,2-9H2,1H3,(H,14,18)(H,16,17). The number of urea groups is 1. The van der Waals surface area contributed by atoms with Crippen LogP contribution in [0.1, 0.15) is 39.0 Å². The minimum Gasteiger partial charge on any atom is -0.481 e. The van der Waals surface area contributed by atoms with Crippen LogP contribution in [0.25, 0.3) is 0 Å². The van der Waals surface area contributed by atoms with Crippen molar-refractivity contribution in [2.75, 3.05) is 19.7 Å². The van der Waals surface area contributed by atoms with Gasteiger partial charge in [0, 0.05) is 13.1 Å². The lowest BCUT2D eigenvalue weighted by Crippen LogP contribution is -2.56. The molecule has 0 radical (unpaired) electrons. The van der Waals surface area contributed by atoms with Crippen LogP contribution in [-0.2, 0) is 9.53 Å². The van der Waals surface area contributed by atoms with E-state index < -0.39 is 11.5 Å². The average Bonchev–Trinajstić information content (AvgIpc) is 2.76. The van der Waals surface area contributed by atoms with Gasteiger partial charge in [0.15, 0.2) is 0 Å². The average molecular weight is 270 g/mol. The molecule has 0 bridgehead atoms. The fraction of sp³-hybridized carbons (Fsp3) is 0.846. The Hall–Kier alpha value is -1.30. The fourth-order valence-corrected chi connectivity index (χ4v) is 3.00. The zero-order valence-electron chi connectivity index (χ0n) is 11.4. The quantitative estimate of drug-likeness (QED) is 0.807. The minimum absolute atomic E-state index is 0.0125. The maximum atomic E-state index is 12.3. The Morgan fingerprint density at radius 3 is 2.68 bits per heavy atom. The number of carboxylic acid groups (broad SMARTS) is 1. The lowest BCUT2D eigenvalue weighted by molar-refractivity contribution is -0.138. The van der Waals surface area contributed by atoms with Crippen LogP contribution in [0.15, 0.2) is 0 Å². The number of amides is 2. The predicted molar refractivity (Wildman–Crippen MR) is 69.0 cm³/mol. The zero-order chi connectivity index (χ0) is 13.9. The first-order valence-corrected chi connectivity index (χ1v) is 6.91. The lowest BCUT2D eigenvalue weighted by Gasteiger charge is -2.36. The number of nitrogens with one attached hydrogen (secondary N) is 1. The molecule has 0 aromatic rings. The van der Waals surface area contributed by atoms with Gasteiger partial charge in [-0.15, -0.1) is 0 Å². The van der Waals surface area contributed by atoms with E-state index in [2.05, 4.69) is 5.32 Å². The van der Waals surface area contributed by atoms with Crippen molar-refractivity contribution in [1.29, 1.82) is 0 Å². The third-order valence-electron chi connectivity index (χ3n) is 3.95. The molecule has 2 amide bonds. The lowest BCUT2D eigenvalue weighted by atomic mass is 9.93. The van der Waals surface area contributed by atoms with Crippen LogP contribution in [0, 0.1) is 0 Å². The molecular formula is C13H22N2O4. The third-order valence-corrected chi connectivity index (χ3v) is 3.95. The van der Waals surface area contributed by atoms with Gasteiger partial charge in [-0.3, -0.25) is 4.79 Å². The molecule has 2 N–H and O–H groups in total. The number of aliphatic carboxylic acids is 1. The van der Waals surface area contributed by atoms with Crippen LogP contribution in [0.2, 0.25) is 0 Å². The maximum absolute atomic E-state index is 12.3. The number of nitrogens with zero attached hydrogens (tertiary/aromatic N) is 1. The molecule has 2 aliphatic rings. The van der Waals surface area contributed by atoms with E-state index in [-0.39, 0.29) is 18.6 Å². The number of morpholine rings is 1. The van der Waals surface area contributed by atoms with Gasteiger partial charge in [0.05, 0.1) is 24.7 Å². The van der Waals surface area contributed by atoms with Gasteiger partial charge in [0.25, 0.3) is 0 Å². The van der Waals surface area contributed by atoms with Crippen LogP contribution in [0.5, 0.6) is 0 Å².